The van der Waals surface area contributed by atoms with Gasteiger partial charge in [-0.05, 0) is 52.3 Å². The monoisotopic (exact) mass is 317 g/mol. The zero-order valence-corrected chi connectivity index (χ0v) is 10.6. The molecule has 3 nitrogen and oxygen atoms in total. The number of carbonyl (C=O) groups excluding carboxylic acids is 1. The average molecular weight is 317 g/mol. The second kappa shape index (κ2) is 4.49. The summed E-state index contributed by atoms with van der Waals surface area (Å²) in [6.45, 7) is 0.742. The minimum atomic E-state index is -0.194. The van der Waals surface area contributed by atoms with E-state index >= 15 is 0 Å². The highest BCUT2D eigenvalue weighted by Crippen LogP contribution is 2.19. The van der Waals surface area contributed by atoms with Gasteiger partial charge < -0.3 is 10.1 Å². The van der Waals surface area contributed by atoms with E-state index in [0.29, 0.717) is 0 Å². The fourth-order valence-corrected chi connectivity index (χ4v) is 2.35. The SMILES string of the molecule is COC(=O)C1Cc2cc(I)ccc2CN1. The van der Waals surface area contributed by atoms with E-state index in [9.17, 15) is 4.79 Å². The summed E-state index contributed by atoms with van der Waals surface area (Å²) in [7, 11) is 1.42. The van der Waals surface area contributed by atoms with E-state index in [4.69, 9.17) is 4.74 Å². The zero-order chi connectivity index (χ0) is 10.8. The highest BCUT2D eigenvalue weighted by molar-refractivity contribution is 14.1. The average Bonchev–Trinajstić information content (AvgIpc) is 2.27. The van der Waals surface area contributed by atoms with Gasteiger partial charge >= 0.3 is 5.97 Å². The molecule has 1 heterocycles. The van der Waals surface area contributed by atoms with Crippen molar-refractivity contribution in [2.24, 2.45) is 0 Å². The van der Waals surface area contributed by atoms with Crippen LogP contribution in [0.1, 0.15) is 11.1 Å². The number of fused-ring (bicyclic) bond motifs is 1. The maximum absolute atomic E-state index is 11.4. The van der Waals surface area contributed by atoms with Crippen LogP contribution in [-0.2, 0) is 22.5 Å². The van der Waals surface area contributed by atoms with Crippen LogP contribution < -0.4 is 5.32 Å². The van der Waals surface area contributed by atoms with Crippen LogP contribution in [-0.4, -0.2) is 19.1 Å². The van der Waals surface area contributed by atoms with Gasteiger partial charge in [0.05, 0.1) is 7.11 Å². The molecule has 0 saturated heterocycles. The van der Waals surface area contributed by atoms with Crippen molar-refractivity contribution in [1.29, 1.82) is 0 Å². The fraction of sp³-hybridized carbons (Fsp3) is 0.364. The first-order valence-corrected chi connectivity index (χ1v) is 5.87. The van der Waals surface area contributed by atoms with Gasteiger partial charge in [0.2, 0.25) is 0 Å². The molecule has 0 bridgehead atoms. The second-order valence-corrected chi connectivity index (χ2v) is 4.82. The minimum absolute atomic E-state index is 0.181. The van der Waals surface area contributed by atoms with Crippen LogP contribution in [0, 0.1) is 3.57 Å². The molecule has 2 rings (SSSR count). The molecule has 0 saturated carbocycles. The number of nitrogens with one attached hydrogen (secondary N) is 1. The summed E-state index contributed by atoms with van der Waals surface area (Å²) in [4.78, 5) is 11.4. The van der Waals surface area contributed by atoms with Gasteiger partial charge in [-0.3, -0.25) is 4.79 Å². The lowest BCUT2D eigenvalue weighted by Crippen LogP contribution is -2.42. The van der Waals surface area contributed by atoms with Crippen molar-refractivity contribution in [3.8, 4) is 0 Å². The maximum atomic E-state index is 11.4. The summed E-state index contributed by atoms with van der Waals surface area (Å²) in [6.07, 6.45) is 0.721. The maximum Gasteiger partial charge on any atom is 0.323 e. The molecule has 0 aromatic heterocycles. The van der Waals surface area contributed by atoms with E-state index in [-0.39, 0.29) is 12.0 Å². The van der Waals surface area contributed by atoms with Gasteiger partial charge in [0, 0.05) is 10.1 Å². The lowest BCUT2D eigenvalue weighted by molar-refractivity contribution is -0.143. The standard InChI is InChI=1S/C11H12INO2/c1-15-11(14)10-5-8-4-9(12)3-2-7(8)6-13-10/h2-4,10,13H,5-6H2,1H3. The van der Waals surface area contributed by atoms with Gasteiger partial charge in [0.1, 0.15) is 6.04 Å². The van der Waals surface area contributed by atoms with Gasteiger partial charge in [-0.1, -0.05) is 6.07 Å². The Kier molecular flexibility index (Phi) is 3.25. The number of benzene rings is 1. The van der Waals surface area contributed by atoms with Gasteiger partial charge in [-0.15, -0.1) is 0 Å². The van der Waals surface area contributed by atoms with Crippen LogP contribution in [0.2, 0.25) is 0 Å². The number of esters is 1. The molecule has 80 valence electrons. The molecule has 1 unspecified atom stereocenters. The Labute approximate surface area is 102 Å². The van der Waals surface area contributed by atoms with Crippen molar-refractivity contribution < 1.29 is 9.53 Å². The first-order chi connectivity index (χ1) is 7.20. The van der Waals surface area contributed by atoms with Crippen LogP contribution in [0.4, 0.5) is 0 Å². The number of ether oxygens (including phenoxy) is 1. The quantitative estimate of drug-likeness (QED) is 0.630. The molecule has 1 atom stereocenters. The number of rotatable bonds is 1. The first kappa shape index (κ1) is 10.9. The van der Waals surface area contributed by atoms with Crippen LogP contribution in [0.15, 0.2) is 18.2 Å². The minimum Gasteiger partial charge on any atom is -0.468 e. The third kappa shape index (κ3) is 2.31. The molecule has 4 heteroatoms. The van der Waals surface area contributed by atoms with Crippen molar-refractivity contribution in [2.45, 2.75) is 19.0 Å². The van der Waals surface area contributed by atoms with Crippen molar-refractivity contribution >= 4 is 28.6 Å². The summed E-state index contributed by atoms with van der Waals surface area (Å²) in [5.74, 6) is -0.181. The van der Waals surface area contributed by atoms with Crippen molar-refractivity contribution in [1.82, 2.24) is 5.32 Å². The third-order valence-electron chi connectivity index (χ3n) is 2.62. The summed E-state index contributed by atoms with van der Waals surface area (Å²) >= 11 is 2.28. The molecule has 0 amide bonds. The van der Waals surface area contributed by atoms with E-state index in [1.54, 1.807) is 0 Å². The molecule has 0 fully saturated rings. The molecule has 0 radical (unpaired) electrons. The molecule has 1 aromatic rings. The predicted octanol–water partition coefficient (Wildman–Crippen LogP) is 1.48. The highest BCUT2D eigenvalue weighted by atomic mass is 127. The highest BCUT2D eigenvalue weighted by Gasteiger charge is 2.24. The van der Waals surface area contributed by atoms with E-state index in [0.717, 1.165) is 13.0 Å². The zero-order valence-electron chi connectivity index (χ0n) is 8.42. The number of hydrogen-bond acceptors (Lipinski definition) is 3. The van der Waals surface area contributed by atoms with Gasteiger partial charge in [0.25, 0.3) is 0 Å². The molecule has 1 aromatic carbocycles. The Morgan fingerprint density at radius 2 is 2.33 bits per heavy atom. The van der Waals surface area contributed by atoms with Gasteiger partial charge in [-0.2, -0.15) is 0 Å². The number of methoxy groups -OCH3 is 1. The molecule has 0 spiro atoms. The fourth-order valence-electron chi connectivity index (χ4n) is 1.79. The summed E-state index contributed by atoms with van der Waals surface area (Å²) in [5, 5.41) is 3.17. The van der Waals surface area contributed by atoms with Crippen LogP contribution in [0.3, 0.4) is 0 Å². The van der Waals surface area contributed by atoms with Crippen molar-refractivity contribution in [3.05, 3.63) is 32.9 Å². The van der Waals surface area contributed by atoms with Crippen LogP contribution in [0.5, 0.6) is 0 Å². The smallest absolute Gasteiger partial charge is 0.323 e. The molecule has 1 aliphatic rings. The Balaban J connectivity index is 2.22. The van der Waals surface area contributed by atoms with E-state index < -0.39 is 0 Å². The lowest BCUT2D eigenvalue weighted by atomic mass is 9.96. The van der Waals surface area contributed by atoms with Crippen LogP contribution in [0.25, 0.3) is 0 Å². The molecular weight excluding hydrogens is 305 g/mol. The largest absolute Gasteiger partial charge is 0.468 e. The van der Waals surface area contributed by atoms with E-state index in [1.165, 1.54) is 21.8 Å². The molecule has 0 aliphatic carbocycles. The summed E-state index contributed by atoms with van der Waals surface area (Å²) < 4.78 is 5.94. The third-order valence-corrected chi connectivity index (χ3v) is 3.29. The lowest BCUT2D eigenvalue weighted by Gasteiger charge is -2.24. The van der Waals surface area contributed by atoms with E-state index in [2.05, 4.69) is 46.1 Å². The Morgan fingerprint density at radius 1 is 1.53 bits per heavy atom. The Bertz CT molecular complexity index is 392. The second-order valence-electron chi connectivity index (χ2n) is 3.57. The molecule has 1 aliphatic heterocycles. The van der Waals surface area contributed by atoms with Gasteiger partial charge in [0.15, 0.2) is 0 Å². The van der Waals surface area contributed by atoms with Crippen LogP contribution >= 0.6 is 22.6 Å². The Hall–Kier alpha value is -0.620. The van der Waals surface area contributed by atoms with E-state index in [1.807, 2.05) is 0 Å². The number of carbonyl (C=O) groups is 1. The number of halogens is 1. The Morgan fingerprint density at radius 3 is 3.07 bits per heavy atom. The molecular formula is C11H12INO2. The summed E-state index contributed by atoms with van der Waals surface area (Å²) in [5.41, 5.74) is 2.52. The normalized spacial score (nSPS) is 19.5. The predicted molar refractivity (Wildman–Crippen MR) is 65.5 cm³/mol. The molecule has 15 heavy (non-hydrogen) atoms. The van der Waals surface area contributed by atoms with Gasteiger partial charge in [-0.25, -0.2) is 0 Å². The number of hydrogen-bond donors (Lipinski definition) is 1. The topological polar surface area (TPSA) is 38.3 Å². The summed E-state index contributed by atoms with van der Waals surface area (Å²) in [6, 6.07) is 6.13. The molecule has 1 N–H and O–H groups in total. The first-order valence-electron chi connectivity index (χ1n) is 4.79. The van der Waals surface area contributed by atoms with Crippen molar-refractivity contribution in [2.75, 3.05) is 7.11 Å². The van der Waals surface area contributed by atoms with Crippen molar-refractivity contribution in [3.63, 3.8) is 0 Å².